The fourth-order valence-electron chi connectivity index (χ4n) is 7.28. The van der Waals surface area contributed by atoms with E-state index in [-0.39, 0.29) is 0 Å². The molecule has 0 spiro atoms. The zero-order valence-electron chi connectivity index (χ0n) is 19.2. The van der Waals surface area contributed by atoms with Gasteiger partial charge in [-0.1, -0.05) is 19.9 Å². The number of nitrogens with zero attached hydrogens (tertiary/aromatic N) is 1. The third-order valence-electron chi connectivity index (χ3n) is 8.88. The molecule has 2 saturated carbocycles. The molecule has 0 aliphatic heterocycles. The van der Waals surface area contributed by atoms with Gasteiger partial charge in [0, 0.05) is 13.2 Å². The van der Waals surface area contributed by atoms with Crippen molar-refractivity contribution in [2.45, 2.75) is 65.2 Å². The van der Waals surface area contributed by atoms with E-state index in [1.807, 2.05) is 0 Å². The highest BCUT2D eigenvalue weighted by atomic mass is 16.5. The smallest absolute Gasteiger partial charge is 0.118 e. The van der Waals surface area contributed by atoms with Gasteiger partial charge in [-0.05, 0) is 117 Å². The molecule has 4 rings (SSSR count). The predicted octanol–water partition coefficient (Wildman–Crippen LogP) is 5.39. The molecule has 1 N–H and O–H groups in total. The number of aromatic hydroxyl groups is 1. The van der Waals surface area contributed by atoms with Gasteiger partial charge >= 0.3 is 0 Å². The zero-order chi connectivity index (χ0) is 20.8. The molecule has 3 aliphatic rings. The zero-order valence-corrected chi connectivity index (χ0v) is 19.2. The molecule has 4 unspecified atom stereocenters. The summed E-state index contributed by atoms with van der Waals surface area (Å²) in [5, 5.41) is 10.2. The first kappa shape index (κ1) is 21.2. The summed E-state index contributed by atoms with van der Waals surface area (Å²) in [6.07, 6.45) is 7.82. The molecule has 6 atom stereocenters. The van der Waals surface area contributed by atoms with E-state index in [1.165, 1.54) is 37.7 Å². The van der Waals surface area contributed by atoms with Crippen LogP contribution < -0.4 is 0 Å². The Hall–Kier alpha value is -1.06. The second-order valence-corrected chi connectivity index (χ2v) is 10.8. The third kappa shape index (κ3) is 3.85. The Kier molecular flexibility index (Phi) is 6.01. The van der Waals surface area contributed by atoms with Crippen LogP contribution in [0, 0.1) is 36.0 Å². The van der Waals surface area contributed by atoms with E-state index >= 15 is 0 Å². The van der Waals surface area contributed by atoms with E-state index < -0.39 is 0 Å². The summed E-state index contributed by atoms with van der Waals surface area (Å²) in [6.45, 7) is 9.92. The van der Waals surface area contributed by atoms with Crippen LogP contribution in [0.4, 0.5) is 0 Å². The van der Waals surface area contributed by atoms with Crippen LogP contribution in [0.1, 0.15) is 68.6 Å². The van der Waals surface area contributed by atoms with Crippen molar-refractivity contribution in [1.29, 1.82) is 0 Å². The average molecular weight is 400 g/mol. The molecule has 0 bridgehead atoms. The number of ether oxygens (including phenoxy) is 1. The van der Waals surface area contributed by atoms with Crippen molar-refractivity contribution >= 4 is 0 Å². The molecule has 1 aromatic rings. The minimum atomic E-state index is 0.477. The van der Waals surface area contributed by atoms with Crippen molar-refractivity contribution in [3.8, 4) is 5.75 Å². The quantitative estimate of drug-likeness (QED) is 0.651. The molecule has 29 heavy (non-hydrogen) atoms. The molecule has 3 nitrogen and oxygen atoms in total. The van der Waals surface area contributed by atoms with Crippen LogP contribution in [0.15, 0.2) is 12.1 Å². The highest BCUT2D eigenvalue weighted by molar-refractivity contribution is 5.45. The molecular weight excluding hydrogens is 358 g/mol. The molecule has 162 valence electrons. The molecule has 0 saturated heterocycles. The fourth-order valence-corrected chi connectivity index (χ4v) is 7.28. The normalized spacial score (nSPS) is 36.0. The highest BCUT2D eigenvalue weighted by Gasteiger charge is 2.55. The molecule has 3 heteroatoms. The molecule has 2 fully saturated rings. The van der Waals surface area contributed by atoms with Crippen LogP contribution in [0.25, 0.3) is 0 Å². The Morgan fingerprint density at radius 3 is 2.72 bits per heavy atom. The number of aryl methyl sites for hydroxylation is 1. The molecule has 0 radical (unpaired) electrons. The summed E-state index contributed by atoms with van der Waals surface area (Å²) < 4.78 is 5.96. The van der Waals surface area contributed by atoms with Crippen molar-refractivity contribution in [1.82, 2.24) is 4.90 Å². The average Bonchev–Trinajstić information content (AvgIpc) is 2.99. The maximum absolute atomic E-state index is 10.2. The summed E-state index contributed by atoms with van der Waals surface area (Å²) >= 11 is 0. The number of benzene rings is 1. The van der Waals surface area contributed by atoms with Gasteiger partial charge in [0.1, 0.15) is 5.75 Å². The Balaban J connectivity index is 1.47. The van der Waals surface area contributed by atoms with Gasteiger partial charge in [0.25, 0.3) is 0 Å². The van der Waals surface area contributed by atoms with Crippen LogP contribution in [0.3, 0.4) is 0 Å². The number of phenolic OH excluding ortho intramolecular Hbond substituents is 1. The van der Waals surface area contributed by atoms with Crippen LogP contribution in [0.2, 0.25) is 0 Å². The molecule has 0 heterocycles. The van der Waals surface area contributed by atoms with Gasteiger partial charge in [0.05, 0.1) is 6.61 Å². The first-order chi connectivity index (χ1) is 13.8. The minimum absolute atomic E-state index is 0.477. The molecule has 1 aromatic carbocycles. The monoisotopic (exact) mass is 399 g/mol. The lowest BCUT2D eigenvalue weighted by Crippen LogP contribution is -2.45. The lowest BCUT2D eigenvalue weighted by atomic mass is 9.51. The lowest BCUT2D eigenvalue weighted by molar-refractivity contribution is -0.00480. The van der Waals surface area contributed by atoms with Crippen LogP contribution in [-0.2, 0) is 11.2 Å². The van der Waals surface area contributed by atoms with Gasteiger partial charge < -0.3 is 14.7 Å². The van der Waals surface area contributed by atoms with Gasteiger partial charge in [0.15, 0.2) is 0 Å². The van der Waals surface area contributed by atoms with E-state index in [0.29, 0.717) is 23.0 Å². The summed E-state index contributed by atoms with van der Waals surface area (Å²) in [7, 11) is 4.22. The Morgan fingerprint density at radius 2 is 1.97 bits per heavy atom. The van der Waals surface area contributed by atoms with Crippen molar-refractivity contribution < 1.29 is 9.84 Å². The standard InChI is InChI=1S/C26H41NO2/c1-17-15-22-19(16-24(17)28)14-18(2)25-21(22)8-10-26(3)20(6-7-23(25)26)9-12-29-13-11-27(4)5/h15-16,18,20-21,23,25,28H,6-14H2,1-5H3/t18-,20-,21?,23?,25?,26?/m1/s1. The van der Waals surface area contributed by atoms with Crippen molar-refractivity contribution in [3.05, 3.63) is 28.8 Å². The van der Waals surface area contributed by atoms with E-state index in [9.17, 15) is 5.11 Å². The largest absolute Gasteiger partial charge is 0.508 e. The number of fused-ring (bicyclic) bond motifs is 5. The number of likely N-dealkylation sites (N-methyl/N-ethyl adjacent to an activating group) is 1. The Morgan fingerprint density at radius 1 is 1.17 bits per heavy atom. The van der Waals surface area contributed by atoms with Crippen molar-refractivity contribution in [2.24, 2.45) is 29.1 Å². The Labute approximate surface area is 177 Å². The summed E-state index contributed by atoms with van der Waals surface area (Å²) in [6, 6.07) is 4.37. The maximum atomic E-state index is 10.2. The minimum Gasteiger partial charge on any atom is -0.508 e. The number of hydrogen-bond acceptors (Lipinski definition) is 3. The summed E-state index contributed by atoms with van der Waals surface area (Å²) in [4.78, 5) is 2.19. The molecule has 0 amide bonds. The van der Waals surface area contributed by atoms with Gasteiger partial charge in [-0.15, -0.1) is 0 Å². The summed E-state index contributed by atoms with van der Waals surface area (Å²) in [5.41, 5.74) is 4.50. The number of phenols is 1. The predicted molar refractivity (Wildman–Crippen MR) is 119 cm³/mol. The van der Waals surface area contributed by atoms with Crippen LogP contribution in [0.5, 0.6) is 5.75 Å². The van der Waals surface area contributed by atoms with Crippen molar-refractivity contribution in [2.75, 3.05) is 33.9 Å². The first-order valence-corrected chi connectivity index (χ1v) is 11.9. The van der Waals surface area contributed by atoms with Crippen molar-refractivity contribution in [3.63, 3.8) is 0 Å². The van der Waals surface area contributed by atoms with E-state index in [0.717, 1.165) is 49.5 Å². The van der Waals surface area contributed by atoms with E-state index in [2.05, 4.69) is 51.9 Å². The first-order valence-electron chi connectivity index (χ1n) is 11.9. The van der Waals surface area contributed by atoms with Crippen LogP contribution in [-0.4, -0.2) is 43.9 Å². The van der Waals surface area contributed by atoms with E-state index in [1.54, 1.807) is 5.56 Å². The maximum Gasteiger partial charge on any atom is 0.118 e. The van der Waals surface area contributed by atoms with Gasteiger partial charge in [0.2, 0.25) is 0 Å². The SMILES string of the molecule is Cc1cc2c(cc1O)C[C@@H](C)C1C2CCC2(C)C1CC[C@@H]2CCOCCN(C)C. The third-order valence-corrected chi connectivity index (χ3v) is 8.88. The van der Waals surface area contributed by atoms with Gasteiger partial charge in [-0.25, -0.2) is 0 Å². The lowest BCUT2D eigenvalue weighted by Gasteiger charge is -2.53. The number of hydrogen-bond donors (Lipinski definition) is 1. The molecule has 0 aromatic heterocycles. The summed E-state index contributed by atoms with van der Waals surface area (Å²) in [5.74, 6) is 4.37. The molecular formula is C26H41NO2. The Bertz CT molecular complexity index is 730. The number of rotatable bonds is 6. The second kappa shape index (κ2) is 8.23. The van der Waals surface area contributed by atoms with Crippen LogP contribution >= 0.6 is 0 Å². The topological polar surface area (TPSA) is 32.7 Å². The fraction of sp³-hybridized carbons (Fsp3) is 0.769. The highest BCUT2D eigenvalue weighted by Crippen LogP contribution is 2.64. The second-order valence-electron chi connectivity index (χ2n) is 10.8. The molecule has 3 aliphatic carbocycles. The van der Waals surface area contributed by atoms with E-state index in [4.69, 9.17) is 4.74 Å². The van der Waals surface area contributed by atoms with Gasteiger partial charge in [-0.3, -0.25) is 0 Å². The van der Waals surface area contributed by atoms with Gasteiger partial charge in [-0.2, -0.15) is 0 Å².